The van der Waals surface area contributed by atoms with Crippen molar-refractivity contribution in [1.82, 2.24) is 4.90 Å². The number of carbonyl (C=O) groups excluding carboxylic acids is 1. The van der Waals surface area contributed by atoms with Crippen LogP contribution in [-0.4, -0.2) is 24.5 Å². The molecular weight excluding hydrogens is 245 g/mol. The molecule has 1 aromatic rings. The average molecular weight is 256 g/mol. The molecule has 1 rings (SSSR count). The van der Waals surface area contributed by atoms with E-state index in [2.05, 4.69) is 11.2 Å². The SMILES string of the molecule is C#CCN(C)C(=O)Nc1ccc(C(F)(F)F)cc1. The molecule has 0 saturated heterocycles. The molecular formula is C12H11F3N2O. The number of terminal acetylenes is 1. The van der Waals surface area contributed by atoms with E-state index < -0.39 is 17.8 Å². The lowest BCUT2D eigenvalue weighted by molar-refractivity contribution is -0.137. The minimum absolute atomic E-state index is 0.118. The first-order chi connectivity index (χ1) is 8.34. The number of alkyl halides is 3. The monoisotopic (exact) mass is 256 g/mol. The number of nitrogens with zero attached hydrogens (tertiary/aromatic N) is 1. The number of urea groups is 1. The van der Waals surface area contributed by atoms with Gasteiger partial charge in [-0.05, 0) is 24.3 Å². The second-order valence-corrected chi connectivity index (χ2v) is 3.57. The standard InChI is InChI=1S/C12H11F3N2O/c1-3-8-17(2)11(18)16-10-6-4-9(5-7-10)12(13,14)15/h1,4-7H,8H2,2H3,(H,16,18). The Morgan fingerprint density at radius 2 is 1.94 bits per heavy atom. The Bertz CT molecular complexity index is 460. The quantitative estimate of drug-likeness (QED) is 0.811. The molecule has 1 N–H and O–H groups in total. The van der Waals surface area contributed by atoms with Crippen LogP contribution in [0.3, 0.4) is 0 Å². The van der Waals surface area contributed by atoms with Crippen LogP contribution >= 0.6 is 0 Å². The lowest BCUT2D eigenvalue weighted by Crippen LogP contribution is -2.31. The van der Waals surface area contributed by atoms with Crippen LogP contribution in [0.1, 0.15) is 5.56 Å². The van der Waals surface area contributed by atoms with Gasteiger partial charge in [-0.15, -0.1) is 6.42 Å². The highest BCUT2D eigenvalue weighted by Gasteiger charge is 2.29. The lowest BCUT2D eigenvalue weighted by Gasteiger charge is -2.15. The molecule has 2 amide bonds. The maximum absolute atomic E-state index is 12.3. The van der Waals surface area contributed by atoms with Crippen molar-refractivity contribution in [3.8, 4) is 12.3 Å². The van der Waals surface area contributed by atoms with E-state index in [0.717, 1.165) is 12.1 Å². The second kappa shape index (κ2) is 5.45. The number of hydrogen-bond donors (Lipinski definition) is 1. The molecule has 0 saturated carbocycles. The van der Waals surface area contributed by atoms with Crippen molar-refractivity contribution in [2.75, 3.05) is 18.9 Å². The van der Waals surface area contributed by atoms with Crippen molar-refractivity contribution >= 4 is 11.7 Å². The van der Waals surface area contributed by atoms with E-state index >= 15 is 0 Å². The van der Waals surface area contributed by atoms with Gasteiger partial charge in [0.2, 0.25) is 0 Å². The normalized spacial score (nSPS) is 10.6. The summed E-state index contributed by atoms with van der Waals surface area (Å²) in [5.41, 5.74) is -0.491. The molecule has 96 valence electrons. The summed E-state index contributed by atoms with van der Waals surface area (Å²) in [5.74, 6) is 2.28. The fraction of sp³-hybridized carbons (Fsp3) is 0.250. The molecule has 18 heavy (non-hydrogen) atoms. The zero-order valence-corrected chi connectivity index (χ0v) is 9.58. The molecule has 0 atom stereocenters. The molecule has 0 heterocycles. The second-order valence-electron chi connectivity index (χ2n) is 3.57. The molecule has 3 nitrogen and oxygen atoms in total. The van der Waals surface area contributed by atoms with E-state index in [-0.39, 0.29) is 12.2 Å². The maximum atomic E-state index is 12.3. The van der Waals surface area contributed by atoms with Crippen LogP contribution < -0.4 is 5.32 Å². The highest BCUT2D eigenvalue weighted by atomic mass is 19.4. The van der Waals surface area contributed by atoms with Crippen LogP contribution in [0.2, 0.25) is 0 Å². The van der Waals surface area contributed by atoms with Gasteiger partial charge in [-0.3, -0.25) is 0 Å². The van der Waals surface area contributed by atoms with Crippen LogP contribution in [0.4, 0.5) is 23.7 Å². The topological polar surface area (TPSA) is 32.3 Å². The van der Waals surface area contributed by atoms with Gasteiger partial charge in [0.15, 0.2) is 0 Å². The van der Waals surface area contributed by atoms with E-state index in [4.69, 9.17) is 6.42 Å². The highest BCUT2D eigenvalue weighted by Crippen LogP contribution is 2.29. The summed E-state index contributed by atoms with van der Waals surface area (Å²) in [7, 11) is 1.49. The fourth-order valence-electron chi connectivity index (χ4n) is 1.17. The number of hydrogen-bond acceptors (Lipinski definition) is 1. The summed E-state index contributed by atoms with van der Waals surface area (Å²) in [6.45, 7) is 0.118. The number of benzene rings is 1. The molecule has 0 bridgehead atoms. The molecule has 0 aliphatic rings. The van der Waals surface area contributed by atoms with Gasteiger partial charge in [0.05, 0.1) is 12.1 Å². The van der Waals surface area contributed by atoms with Gasteiger partial charge >= 0.3 is 12.2 Å². The summed E-state index contributed by atoms with van der Waals surface area (Å²) in [5, 5.41) is 2.43. The van der Waals surface area contributed by atoms with Gasteiger partial charge in [-0.2, -0.15) is 13.2 Å². The van der Waals surface area contributed by atoms with Crippen LogP contribution in [-0.2, 0) is 6.18 Å². The number of halogens is 3. The van der Waals surface area contributed by atoms with Crippen molar-refractivity contribution in [3.05, 3.63) is 29.8 Å². The first kappa shape index (κ1) is 13.9. The third-order valence-electron chi connectivity index (χ3n) is 2.14. The van der Waals surface area contributed by atoms with Crippen LogP contribution in [0.5, 0.6) is 0 Å². The van der Waals surface area contributed by atoms with Crippen molar-refractivity contribution in [3.63, 3.8) is 0 Å². The Kier molecular flexibility index (Phi) is 4.21. The third-order valence-corrected chi connectivity index (χ3v) is 2.14. The van der Waals surface area contributed by atoms with Crippen molar-refractivity contribution in [2.24, 2.45) is 0 Å². The molecule has 0 aromatic heterocycles. The Morgan fingerprint density at radius 1 is 1.39 bits per heavy atom. The molecule has 1 aromatic carbocycles. The molecule has 0 unspecified atom stereocenters. The zero-order valence-electron chi connectivity index (χ0n) is 9.58. The Balaban J connectivity index is 2.70. The van der Waals surface area contributed by atoms with E-state index in [1.807, 2.05) is 0 Å². The van der Waals surface area contributed by atoms with Gasteiger partial charge in [-0.25, -0.2) is 4.79 Å². The van der Waals surface area contributed by atoms with Crippen LogP contribution in [0.15, 0.2) is 24.3 Å². The summed E-state index contributed by atoms with van der Waals surface area (Å²) >= 11 is 0. The Morgan fingerprint density at radius 3 is 2.39 bits per heavy atom. The fourth-order valence-corrected chi connectivity index (χ4v) is 1.17. The molecule has 0 fully saturated rings. The van der Waals surface area contributed by atoms with Gasteiger partial charge in [0.1, 0.15) is 0 Å². The van der Waals surface area contributed by atoms with Gasteiger partial charge in [0, 0.05) is 12.7 Å². The van der Waals surface area contributed by atoms with E-state index in [1.54, 1.807) is 0 Å². The van der Waals surface area contributed by atoms with E-state index in [9.17, 15) is 18.0 Å². The van der Waals surface area contributed by atoms with Crippen molar-refractivity contribution in [1.29, 1.82) is 0 Å². The van der Waals surface area contributed by atoms with Gasteiger partial charge in [-0.1, -0.05) is 5.92 Å². The highest BCUT2D eigenvalue weighted by molar-refractivity contribution is 5.89. The predicted molar refractivity (Wildman–Crippen MR) is 61.9 cm³/mol. The molecule has 0 spiro atoms. The minimum atomic E-state index is -4.39. The summed E-state index contributed by atoms with van der Waals surface area (Å²) < 4.78 is 36.9. The van der Waals surface area contributed by atoms with Crippen LogP contribution in [0, 0.1) is 12.3 Å². The first-order valence-corrected chi connectivity index (χ1v) is 4.97. The van der Waals surface area contributed by atoms with Crippen LogP contribution in [0.25, 0.3) is 0 Å². The summed E-state index contributed by atoms with van der Waals surface area (Å²) in [6.07, 6.45) is 0.646. The van der Waals surface area contributed by atoms with E-state index in [1.165, 1.54) is 24.1 Å². The maximum Gasteiger partial charge on any atom is 0.416 e. The van der Waals surface area contributed by atoms with Crippen molar-refractivity contribution in [2.45, 2.75) is 6.18 Å². The summed E-state index contributed by atoms with van der Waals surface area (Å²) in [4.78, 5) is 12.7. The van der Waals surface area contributed by atoms with Gasteiger partial charge < -0.3 is 10.2 Å². The Hall–Kier alpha value is -2.16. The first-order valence-electron chi connectivity index (χ1n) is 4.97. The number of nitrogens with one attached hydrogen (secondary N) is 1. The Labute approximate surface area is 103 Å². The molecule has 0 aliphatic carbocycles. The lowest BCUT2D eigenvalue weighted by atomic mass is 10.2. The number of carbonyl (C=O) groups is 1. The number of anilines is 1. The predicted octanol–water partition coefficient (Wildman–Crippen LogP) is 2.80. The number of rotatable bonds is 2. The minimum Gasteiger partial charge on any atom is -0.316 e. The zero-order chi connectivity index (χ0) is 13.8. The molecule has 0 radical (unpaired) electrons. The number of amides is 2. The largest absolute Gasteiger partial charge is 0.416 e. The van der Waals surface area contributed by atoms with Crippen molar-refractivity contribution < 1.29 is 18.0 Å². The molecule has 6 heteroatoms. The smallest absolute Gasteiger partial charge is 0.316 e. The van der Waals surface area contributed by atoms with Gasteiger partial charge in [0.25, 0.3) is 0 Å². The third kappa shape index (κ3) is 3.70. The molecule has 0 aliphatic heterocycles. The van der Waals surface area contributed by atoms with E-state index in [0.29, 0.717) is 0 Å². The average Bonchev–Trinajstić information content (AvgIpc) is 2.28. The summed E-state index contributed by atoms with van der Waals surface area (Å²) in [6, 6.07) is 3.69.